The molecule has 0 unspecified atom stereocenters. The standard InChI is InChI=1S/C13H22BNO2Si2/c1-18(2,3)12-8-11(14(16)17)13(19(4,5)6)7-10(12)9-15/h7-8,16-17H,1-6H3. The lowest BCUT2D eigenvalue weighted by Gasteiger charge is -2.26. The van der Waals surface area contributed by atoms with Crippen LogP contribution in [0.25, 0.3) is 0 Å². The van der Waals surface area contributed by atoms with Crippen LogP contribution in [-0.4, -0.2) is 33.3 Å². The van der Waals surface area contributed by atoms with Crippen LogP contribution in [-0.2, 0) is 0 Å². The Kier molecular flexibility index (Phi) is 4.47. The van der Waals surface area contributed by atoms with Crippen LogP contribution < -0.4 is 15.8 Å². The molecule has 0 saturated carbocycles. The normalized spacial score (nSPS) is 12.2. The molecule has 0 aromatic heterocycles. The minimum Gasteiger partial charge on any atom is -0.423 e. The Labute approximate surface area is 118 Å². The molecule has 0 bridgehead atoms. The van der Waals surface area contributed by atoms with Gasteiger partial charge >= 0.3 is 7.12 Å². The van der Waals surface area contributed by atoms with Crippen LogP contribution in [0.4, 0.5) is 0 Å². The fourth-order valence-electron chi connectivity index (χ4n) is 2.19. The number of nitriles is 1. The van der Waals surface area contributed by atoms with Crippen molar-refractivity contribution < 1.29 is 10.0 Å². The van der Waals surface area contributed by atoms with Gasteiger partial charge in [0, 0.05) is 0 Å². The first-order chi connectivity index (χ1) is 8.48. The quantitative estimate of drug-likeness (QED) is 0.789. The summed E-state index contributed by atoms with van der Waals surface area (Å²) in [6, 6.07) is 6.01. The molecule has 0 amide bonds. The molecule has 6 heteroatoms. The molecule has 0 radical (unpaired) electrons. The summed E-state index contributed by atoms with van der Waals surface area (Å²) in [7, 11) is -4.88. The lowest BCUT2D eigenvalue weighted by atomic mass is 9.80. The second-order valence-electron chi connectivity index (χ2n) is 6.97. The monoisotopic (exact) mass is 291 g/mol. The van der Waals surface area contributed by atoms with E-state index in [0.29, 0.717) is 11.0 Å². The Morgan fingerprint density at radius 2 is 1.42 bits per heavy atom. The molecule has 19 heavy (non-hydrogen) atoms. The molecular formula is C13H22BNO2Si2. The molecule has 0 atom stereocenters. The van der Waals surface area contributed by atoms with Crippen molar-refractivity contribution in [2.75, 3.05) is 0 Å². The zero-order valence-electron chi connectivity index (χ0n) is 12.6. The highest BCUT2D eigenvalue weighted by atomic mass is 28.3. The fourth-order valence-corrected chi connectivity index (χ4v) is 5.36. The Hall–Kier alpha value is -0.871. The van der Waals surface area contributed by atoms with Gasteiger partial charge in [0.1, 0.15) is 0 Å². The zero-order chi connectivity index (χ0) is 15.0. The predicted molar refractivity (Wildman–Crippen MR) is 86.9 cm³/mol. The van der Waals surface area contributed by atoms with Crippen LogP contribution in [0.5, 0.6) is 0 Å². The van der Waals surface area contributed by atoms with Gasteiger partial charge in [0.25, 0.3) is 0 Å². The van der Waals surface area contributed by atoms with Gasteiger partial charge in [-0.3, -0.25) is 0 Å². The molecule has 1 aromatic rings. The van der Waals surface area contributed by atoms with Crippen molar-refractivity contribution in [3.8, 4) is 6.07 Å². The van der Waals surface area contributed by atoms with Gasteiger partial charge in [-0.05, 0) is 16.7 Å². The summed E-state index contributed by atoms with van der Waals surface area (Å²) in [5.74, 6) is 0. The lowest BCUT2D eigenvalue weighted by Crippen LogP contribution is -2.56. The number of hydrogen-bond donors (Lipinski definition) is 2. The van der Waals surface area contributed by atoms with E-state index in [9.17, 15) is 15.3 Å². The molecule has 0 aliphatic rings. The van der Waals surface area contributed by atoms with Crippen LogP contribution in [0, 0.1) is 11.3 Å². The van der Waals surface area contributed by atoms with E-state index in [-0.39, 0.29) is 0 Å². The first kappa shape index (κ1) is 16.2. The Morgan fingerprint density at radius 1 is 0.947 bits per heavy atom. The molecule has 0 fully saturated rings. The molecule has 0 saturated heterocycles. The summed E-state index contributed by atoms with van der Waals surface area (Å²) in [6.45, 7) is 12.9. The average Bonchev–Trinajstić information content (AvgIpc) is 2.24. The maximum absolute atomic E-state index is 9.63. The van der Waals surface area contributed by atoms with Crippen molar-refractivity contribution >= 4 is 39.1 Å². The first-order valence-corrected chi connectivity index (χ1v) is 13.4. The molecular weight excluding hydrogens is 269 g/mol. The molecule has 102 valence electrons. The largest absolute Gasteiger partial charge is 0.488 e. The Morgan fingerprint density at radius 3 is 1.74 bits per heavy atom. The van der Waals surface area contributed by atoms with E-state index in [1.807, 2.05) is 12.1 Å². The van der Waals surface area contributed by atoms with E-state index in [1.165, 1.54) is 0 Å². The number of hydrogen-bond acceptors (Lipinski definition) is 3. The molecule has 2 N–H and O–H groups in total. The van der Waals surface area contributed by atoms with Gasteiger partial charge in [0.15, 0.2) is 0 Å². The molecule has 0 aliphatic heterocycles. The Balaban J connectivity index is 3.68. The van der Waals surface area contributed by atoms with E-state index in [4.69, 9.17) is 0 Å². The van der Waals surface area contributed by atoms with E-state index < -0.39 is 23.3 Å². The highest BCUT2D eigenvalue weighted by Gasteiger charge is 2.30. The molecule has 0 spiro atoms. The van der Waals surface area contributed by atoms with Crippen LogP contribution in [0.2, 0.25) is 39.3 Å². The first-order valence-electron chi connectivity index (χ1n) is 6.43. The van der Waals surface area contributed by atoms with E-state index >= 15 is 0 Å². The Bertz CT molecular complexity index is 525. The van der Waals surface area contributed by atoms with Gasteiger partial charge in [0.05, 0.1) is 27.8 Å². The maximum atomic E-state index is 9.63. The van der Waals surface area contributed by atoms with Gasteiger partial charge in [-0.2, -0.15) is 5.26 Å². The van der Waals surface area contributed by atoms with Crippen molar-refractivity contribution in [3.63, 3.8) is 0 Å². The highest BCUT2D eigenvalue weighted by molar-refractivity contribution is 6.93. The second-order valence-corrected chi connectivity index (χ2v) is 17.0. The molecule has 1 rings (SSSR count). The number of benzene rings is 1. The van der Waals surface area contributed by atoms with Gasteiger partial charge < -0.3 is 10.0 Å². The maximum Gasteiger partial charge on any atom is 0.488 e. The third kappa shape index (κ3) is 3.57. The lowest BCUT2D eigenvalue weighted by molar-refractivity contribution is 0.426. The smallest absolute Gasteiger partial charge is 0.423 e. The van der Waals surface area contributed by atoms with Crippen molar-refractivity contribution in [2.45, 2.75) is 39.3 Å². The van der Waals surface area contributed by atoms with Gasteiger partial charge in [-0.15, -0.1) is 0 Å². The fraction of sp³-hybridized carbons (Fsp3) is 0.462. The van der Waals surface area contributed by atoms with Crippen molar-refractivity contribution in [1.82, 2.24) is 0 Å². The minimum atomic E-state index is -1.73. The van der Waals surface area contributed by atoms with E-state index in [1.54, 1.807) is 0 Å². The summed E-state index contributed by atoms with van der Waals surface area (Å²) in [5, 5.41) is 30.6. The van der Waals surface area contributed by atoms with Crippen LogP contribution in [0.15, 0.2) is 12.1 Å². The summed E-state index contributed by atoms with van der Waals surface area (Å²) in [5.41, 5.74) is 1.27. The van der Waals surface area contributed by atoms with Gasteiger partial charge in [-0.1, -0.05) is 50.5 Å². The zero-order valence-corrected chi connectivity index (χ0v) is 14.6. The topological polar surface area (TPSA) is 64.2 Å². The van der Waals surface area contributed by atoms with Crippen molar-refractivity contribution in [1.29, 1.82) is 5.26 Å². The van der Waals surface area contributed by atoms with Crippen LogP contribution in [0.1, 0.15) is 5.56 Å². The van der Waals surface area contributed by atoms with E-state index in [2.05, 4.69) is 45.4 Å². The summed E-state index contributed by atoms with van der Waals surface area (Å²) < 4.78 is 0. The number of rotatable bonds is 3. The third-order valence-corrected chi connectivity index (χ3v) is 7.28. The molecule has 3 nitrogen and oxygen atoms in total. The summed E-state index contributed by atoms with van der Waals surface area (Å²) in [4.78, 5) is 0. The molecule has 1 aromatic carbocycles. The molecule has 0 heterocycles. The minimum absolute atomic E-state index is 0.579. The number of nitrogens with zero attached hydrogens (tertiary/aromatic N) is 1. The average molecular weight is 291 g/mol. The van der Waals surface area contributed by atoms with Crippen molar-refractivity contribution in [2.24, 2.45) is 0 Å². The molecule has 0 aliphatic carbocycles. The van der Waals surface area contributed by atoms with Gasteiger partial charge in [-0.25, -0.2) is 0 Å². The van der Waals surface area contributed by atoms with Crippen LogP contribution >= 0.6 is 0 Å². The van der Waals surface area contributed by atoms with Gasteiger partial charge in [0.2, 0.25) is 0 Å². The summed E-state index contributed by atoms with van der Waals surface area (Å²) >= 11 is 0. The summed E-state index contributed by atoms with van der Waals surface area (Å²) in [6.07, 6.45) is 0. The third-order valence-electron chi connectivity index (χ3n) is 3.20. The predicted octanol–water partition coefficient (Wildman–Crippen LogP) is 0.328. The highest BCUT2D eigenvalue weighted by Crippen LogP contribution is 2.08. The van der Waals surface area contributed by atoms with E-state index in [0.717, 1.165) is 10.4 Å². The SMILES string of the molecule is C[Si](C)(C)c1cc(B(O)O)c([Si](C)(C)C)cc1C#N. The van der Waals surface area contributed by atoms with Crippen molar-refractivity contribution in [3.05, 3.63) is 17.7 Å². The second kappa shape index (κ2) is 5.25. The van der Waals surface area contributed by atoms with Crippen LogP contribution in [0.3, 0.4) is 0 Å².